The first kappa shape index (κ1) is 9.04. The zero-order valence-electron chi connectivity index (χ0n) is 8.84. The molecule has 2 bridgehead atoms. The second kappa shape index (κ2) is 2.49. The zero-order chi connectivity index (χ0) is 9.69. The van der Waals surface area contributed by atoms with Crippen molar-refractivity contribution in [1.82, 2.24) is 4.90 Å². The molecule has 2 fully saturated rings. The van der Waals surface area contributed by atoms with Gasteiger partial charge < -0.3 is 4.90 Å². The lowest BCUT2D eigenvalue weighted by Crippen LogP contribution is -2.48. The molecule has 1 amide bonds. The predicted molar refractivity (Wildman–Crippen MR) is 52.3 cm³/mol. The number of hydrogen-bond donors (Lipinski definition) is 0. The van der Waals surface area contributed by atoms with Gasteiger partial charge in [0.1, 0.15) is 0 Å². The first-order valence-electron chi connectivity index (χ1n) is 5.23. The van der Waals surface area contributed by atoms with E-state index in [4.69, 9.17) is 0 Å². The Hall–Kier alpha value is -0.530. The van der Waals surface area contributed by atoms with Gasteiger partial charge in [-0.05, 0) is 38.0 Å². The maximum absolute atomic E-state index is 11.0. The van der Waals surface area contributed by atoms with Gasteiger partial charge in [0.05, 0.1) is 0 Å². The Labute approximate surface area is 80.3 Å². The third-order valence-corrected chi connectivity index (χ3v) is 4.00. The van der Waals surface area contributed by atoms with Crippen molar-refractivity contribution in [2.24, 2.45) is 5.41 Å². The average molecular weight is 181 g/mol. The largest absolute Gasteiger partial charge is 0.336 e. The first-order chi connectivity index (χ1) is 5.99. The molecule has 2 heteroatoms. The molecule has 0 N–H and O–H groups in total. The topological polar surface area (TPSA) is 20.3 Å². The molecule has 13 heavy (non-hydrogen) atoms. The van der Waals surface area contributed by atoms with E-state index in [1.54, 1.807) is 0 Å². The molecule has 0 radical (unpaired) electrons. The van der Waals surface area contributed by atoms with Crippen LogP contribution in [0.2, 0.25) is 0 Å². The molecule has 2 aliphatic rings. The van der Waals surface area contributed by atoms with E-state index in [0.29, 0.717) is 11.5 Å². The van der Waals surface area contributed by atoms with Crippen molar-refractivity contribution in [3.8, 4) is 0 Å². The van der Waals surface area contributed by atoms with Crippen LogP contribution in [0, 0.1) is 5.41 Å². The summed E-state index contributed by atoms with van der Waals surface area (Å²) < 4.78 is 0. The van der Waals surface area contributed by atoms with Crippen LogP contribution in [0.15, 0.2) is 0 Å². The lowest BCUT2D eigenvalue weighted by molar-refractivity contribution is -0.126. The monoisotopic (exact) mass is 181 g/mol. The third-order valence-electron chi connectivity index (χ3n) is 4.00. The van der Waals surface area contributed by atoms with Crippen LogP contribution in [0.5, 0.6) is 0 Å². The van der Waals surface area contributed by atoms with Gasteiger partial charge in [0, 0.05) is 11.6 Å². The maximum Gasteiger partial charge on any atom is 0.210 e. The standard InChI is InChI=1S/C11H19NO/c1-10(2)7-11(3)6-4-5-9(10)12(11)8-13/h8-9H,4-7H2,1-3H3. The lowest BCUT2D eigenvalue weighted by Gasteiger charge is -2.40. The van der Waals surface area contributed by atoms with Crippen molar-refractivity contribution in [2.45, 2.75) is 58.0 Å². The van der Waals surface area contributed by atoms with Crippen molar-refractivity contribution in [1.29, 1.82) is 0 Å². The number of amides is 1. The van der Waals surface area contributed by atoms with Crippen LogP contribution in [-0.4, -0.2) is 22.9 Å². The van der Waals surface area contributed by atoms with Gasteiger partial charge in [0.2, 0.25) is 6.41 Å². The minimum absolute atomic E-state index is 0.161. The van der Waals surface area contributed by atoms with Crippen molar-refractivity contribution < 1.29 is 4.79 Å². The summed E-state index contributed by atoms with van der Waals surface area (Å²) in [6, 6.07) is 0.490. The highest BCUT2D eigenvalue weighted by molar-refractivity contribution is 5.52. The van der Waals surface area contributed by atoms with Gasteiger partial charge in [0.25, 0.3) is 0 Å². The number of carbonyl (C=O) groups excluding carboxylic acids is 1. The van der Waals surface area contributed by atoms with Crippen LogP contribution in [-0.2, 0) is 4.79 Å². The lowest BCUT2D eigenvalue weighted by atomic mass is 9.82. The van der Waals surface area contributed by atoms with E-state index >= 15 is 0 Å². The summed E-state index contributed by atoms with van der Waals surface area (Å²) in [4.78, 5) is 13.1. The Balaban J connectivity index is 2.36. The molecular formula is C11H19NO. The van der Waals surface area contributed by atoms with Crippen LogP contribution < -0.4 is 0 Å². The number of hydrogen-bond acceptors (Lipinski definition) is 1. The summed E-state index contributed by atoms with van der Waals surface area (Å²) >= 11 is 0. The second-order valence-corrected chi connectivity index (χ2v) is 5.58. The SMILES string of the molecule is CC1(C)CC2(C)CCCC1N2C=O. The number of nitrogens with zero attached hydrogens (tertiary/aromatic N) is 1. The quantitative estimate of drug-likeness (QED) is 0.568. The molecular weight excluding hydrogens is 162 g/mol. The summed E-state index contributed by atoms with van der Waals surface area (Å²) in [5.41, 5.74) is 0.486. The summed E-state index contributed by atoms with van der Waals surface area (Å²) in [5, 5.41) is 0. The summed E-state index contributed by atoms with van der Waals surface area (Å²) in [6.45, 7) is 6.83. The summed E-state index contributed by atoms with van der Waals surface area (Å²) in [5.74, 6) is 0. The molecule has 74 valence electrons. The molecule has 2 heterocycles. The van der Waals surface area contributed by atoms with Crippen LogP contribution in [0.1, 0.15) is 46.5 Å². The van der Waals surface area contributed by atoms with E-state index in [1.165, 1.54) is 25.7 Å². The molecule has 0 spiro atoms. The van der Waals surface area contributed by atoms with E-state index in [9.17, 15) is 4.79 Å². The Kier molecular flexibility index (Phi) is 1.73. The summed E-state index contributed by atoms with van der Waals surface area (Å²) in [7, 11) is 0. The molecule has 0 aromatic heterocycles. The minimum Gasteiger partial charge on any atom is -0.336 e. The minimum atomic E-state index is 0.161. The van der Waals surface area contributed by atoms with Crippen LogP contribution >= 0.6 is 0 Å². The highest BCUT2D eigenvalue weighted by Gasteiger charge is 2.54. The van der Waals surface area contributed by atoms with Crippen molar-refractivity contribution >= 4 is 6.41 Å². The first-order valence-corrected chi connectivity index (χ1v) is 5.23. The van der Waals surface area contributed by atoms with Crippen LogP contribution in [0.3, 0.4) is 0 Å². The molecule has 2 saturated heterocycles. The van der Waals surface area contributed by atoms with Crippen molar-refractivity contribution in [3.05, 3.63) is 0 Å². The van der Waals surface area contributed by atoms with Crippen LogP contribution in [0.25, 0.3) is 0 Å². The van der Waals surface area contributed by atoms with Gasteiger partial charge in [-0.1, -0.05) is 13.8 Å². The van der Waals surface area contributed by atoms with Gasteiger partial charge in [-0.15, -0.1) is 0 Å². The molecule has 0 aromatic rings. The van der Waals surface area contributed by atoms with Gasteiger partial charge in [-0.2, -0.15) is 0 Å². The fraction of sp³-hybridized carbons (Fsp3) is 0.909. The average Bonchev–Trinajstić information content (AvgIpc) is 2.10. The molecule has 0 aromatic carbocycles. The Morgan fingerprint density at radius 2 is 2.08 bits per heavy atom. The third kappa shape index (κ3) is 1.11. The Morgan fingerprint density at radius 1 is 1.38 bits per heavy atom. The highest BCUT2D eigenvalue weighted by Crippen LogP contribution is 2.52. The van der Waals surface area contributed by atoms with E-state index in [1.807, 2.05) is 0 Å². The van der Waals surface area contributed by atoms with E-state index in [-0.39, 0.29) is 5.54 Å². The molecule has 0 saturated carbocycles. The number of fused-ring (bicyclic) bond motifs is 2. The number of carbonyl (C=O) groups is 1. The second-order valence-electron chi connectivity index (χ2n) is 5.58. The molecule has 2 unspecified atom stereocenters. The molecule has 2 nitrogen and oxygen atoms in total. The van der Waals surface area contributed by atoms with Gasteiger partial charge in [-0.3, -0.25) is 4.79 Å². The maximum atomic E-state index is 11.0. The fourth-order valence-corrected chi connectivity index (χ4v) is 3.57. The summed E-state index contributed by atoms with van der Waals surface area (Å²) in [6.07, 6.45) is 5.91. The molecule has 0 aliphatic carbocycles. The smallest absolute Gasteiger partial charge is 0.210 e. The number of rotatable bonds is 1. The van der Waals surface area contributed by atoms with Crippen molar-refractivity contribution in [3.63, 3.8) is 0 Å². The van der Waals surface area contributed by atoms with Crippen LogP contribution in [0.4, 0.5) is 0 Å². The van der Waals surface area contributed by atoms with E-state index in [0.717, 1.165) is 6.41 Å². The van der Waals surface area contributed by atoms with Gasteiger partial charge in [0.15, 0.2) is 0 Å². The van der Waals surface area contributed by atoms with Gasteiger partial charge in [-0.25, -0.2) is 0 Å². The van der Waals surface area contributed by atoms with E-state index in [2.05, 4.69) is 25.7 Å². The Bertz CT molecular complexity index is 236. The van der Waals surface area contributed by atoms with Gasteiger partial charge >= 0.3 is 0 Å². The highest BCUT2D eigenvalue weighted by atomic mass is 16.1. The van der Waals surface area contributed by atoms with E-state index < -0.39 is 0 Å². The molecule has 2 atom stereocenters. The molecule has 2 rings (SSSR count). The molecule has 2 aliphatic heterocycles. The van der Waals surface area contributed by atoms with Crippen molar-refractivity contribution in [2.75, 3.05) is 0 Å². The fourth-order valence-electron chi connectivity index (χ4n) is 3.57. The predicted octanol–water partition coefficient (Wildman–Crippen LogP) is 2.19. The zero-order valence-corrected chi connectivity index (χ0v) is 8.84. The number of piperidine rings is 1. The normalized spacial score (nSPS) is 42.1. The Morgan fingerprint density at radius 3 is 2.54 bits per heavy atom.